The van der Waals surface area contributed by atoms with E-state index in [2.05, 4.69) is 50.4 Å². The highest BCUT2D eigenvalue weighted by molar-refractivity contribution is 5.78. The van der Waals surface area contributed by atoms with Crippen molar-refractivity contribution in [3.63, 3.8) is 0 Å². The molecule has 0 aliphatic carbocycles. The van der Waals surface area contributed by atoms with Gasteiger partial charge in [0.05, 0.1) is 5.92 Å². The highest BCUT2D eigenvalue weighted by Crippen LogP contribution is 2.24. The van der Waals surface area contributed by atoms with Crippen molar-refractivity contribution in [1.29, 1.82) is 0 Å². The zero-order valence-electron chi connectivity index (χ0n) is 17.9. The molecule has 2 saturated heterocycles. The zero-order valence-corrected chi connectivity index (χ0v) is 17.9. The molecule has 4 rings (SSSR count). The predicted molar refractivity (Wildman–Crippen MR) is 120 cm³/mol. The normalized spacial score (nSPS) is 21.4. The number of nitrogens with one attached hydrogen (secondary N) is 1. The van der Waals surface area contributed by atoms with Crippen LogP contribution in [0.25, 0.3) is 0 Å². The van der Waals surface area contributed by atoms with E-state index < -0.39 is 0 Å². The van der Waals surface area contributed by atoms with Gasteiger partial charge < -0.3 is 10.2 Å². The summed E-state index contributed by atoms with van der Waals surface area (Å²) >= 11 is 0. The largest absolute Gasteiger partial charge is 0.352 e. The highest BCUT2D eigenvalue weighted by Gasteiger charge is 2.31. The van der Waals surface area contributed by atoms with E-state index in [1.807, 2.05) is 18.3 Å². The molecule has 0 unspecified atom stereocenters. The molecule has 1 aromatic heterocycles. The molecule has 2 aliphatic heterocycles. The van der Waals surface area contributed by atoms with E-state index >= 15 is 0 Å². The number of carbonyl (C=O) groups excluding carboxylic acids is 1. The molecular formula is C25H34N4O. The molecule has 1 atom stereocenters. The van der Waals surface area contributed by atoms with Gasteiger partial charge in [0, 0.05) is 38.1 Å². The Morgan fingerprint density at radius 2 is 1.80 bits per heavy atom. The molecule has 1 amide bonds. The third kappa shape index (κ3) is 5.89. The van der Waals surface area contributed by atoms with Crippen LogP contribution in [-0.2, 0) is 17.8 Å². The van der Waals surface area contributed by atoms with Crippen molar-refractivity contribution in [2.45, 2.75) is 44.7 Å². The van der Waals surface area contributed by atoms with Gasteiger partial charge in [0.15, 0.2) is 0 Å². The minimum absolute atomic E-state index is 0.117. The van der Waals surface area contributed by atoms with E-state index in [4.69, 9.17) is 0 Å². The van der Waals surface area contributed by atoms with Crippen molar-refractivity contribution in [2.75, 3.05) is 32.7 Å². The summed E-state index contributed by atoms with van der Waals surface area (Å²) in [4.78, 5) is 22.0. The maximum atomic E-state index is 12.7. The number of likely N-dealkylation sites (tertiary alicyclic amines) is 2. The number of hydrogen-bond acceptors (Lipinski definition) is 4. The third-order valence-electron chi connectivity index (χ3n) is 6.65. The first-order valence-corrected chi connectivity index (χ1v) is 11.4. The fourth-order valence-corrected chi connectivity index (χ4v) is 4.83. The quantitative estimate of drug-likeness (QED) is 0.768. The van der Waals surface area contributed by atoms with Gasteiger partial charge in [-0.05, 0) is 68.9 Å². The Bertz CT molecular complexity index is 774. The fraction of sp³-hybridized carbons (Fsp3) is 0.520. The first-order valence-electron chi connectivity index (χ1n) is 11.4. The van der Waals surface area contributed by atoms with Crippen LogP contribution in [0.15, 0.2) is 54.9 Å². The topological polar surface area (TPSA) is 48.5 Å². The molecule has 0 bridgehead atoms. The molecule has 1 aromatic carbocycles. The summed E-state index contributed by atoms with van der Waals surface area (Å²) in [5, 5.41) is 3.12. The number of pyridine rings is 1. The highest BCUT2D eigenvalue weighted by atomic mass is 16.1. The molecule has 160 valence electrons. The number of amides is 1. The van der Waals surface area contributed by atoms with Gasteiger partial charge in [-0.15, -0.1) is 0 Å². The number of hydrogen-bond donors (Lipinski definition) is 1. The number of carbonyl (C=O) groups is 1. The van der Waals surface area contributed by atoms with E-state index in [9.17, 15) is 4.79 Å². The number of piperidine rings is 2. The van der Waals surface area contributed by atoms with Crippen LogP contribution in [0.3, 0.4) is 0 Å². The van der Waals surface area contributed by atoms with Crippen molar-refractivity contribution in [2.24, 2.45) is 5.92 Å². The fourth-order valence-electron chi connectivity index (χ4n) is 4.83. The summed E-state index contributed by atoms with van der Waals surface area (Å²) in [6.45, 7) is 6.12. The van der Waals surface area contributed by atoms with E-state index in [1.165, 1.54) is 31.5 Å². The Labute approximate surface area is 180 Å². The van der Waals surface area contributed by atoms with Crippen LogP contribution in [0.5, 0.6) is 0 Å². The van der Waals surface area contributed by atoms with Gasteiger partial charge in [0.1, 0.15) is 0 Å². The average Bonchev–Trinajstić information content (AvgIpc) is 2.83. The van der Waals surface area contributed by atoms with E-state index in [0.717, 1.165) is 44.5 Å². The molecule has 5 nitrogen and oxygen atoms in total. The Balaban J connectivity index is 1.20. The van der Waals surface area contributed by atoms with Gasteiger partial charge in [-0.1, -0.05) is 36.4 Å². The molecule has 1 N–H and O–H groups in total. The molecule has 3 heterocycles. The maximum absolute atomic E-state index is 12.7. The first-order chi connectivity index (χ1) is 14.8. The van der Waals surface area contributed by atoms with Gasteiger partial charge in [-0.25, -0.2) is 0 Å². The molecule has 0 radical (unpaired) electrons. The van der Waals surface area contributed by atoms with E-state index in [1.54, 1.807) is 6.20 Å². The summed E-state index contributed by atoms with van der Waals surface area (Å²) < 4.78 is 0. The van der Waals surface area contributed by atoms with Crippen molar-refractivity contribution >= 4 is 5.91 Å². The van der Waals surface area contributed by atoms with Gasteiger partial charge in [0.2, 0.25) is 5.91 Å². The van der Waals surface area contributed by atoms with E-state index in [-0.39, 0.29) is 11.8 Å². The number of benzene rings is 1. The summed E-state index contributed by atoms with van der Waals surface area (Å²) in [6.07, 6.45) is 9.28. The zero-order chi connectivity index (χ0) is 20.6. The summed E-state index contributed by atoms with van der Waals surface area (Å²) in [5.41, 5.74) is 2.48. The lowest BCUT2D eigenvalue weighted by Crippen LogP contribution is -2.50. The molecule has 30 heavy (non-hydrogen) atoms. The maximum Gasteiger partial charge on any atom is 0.224 e. The van der Waals surface area contributed by atoms with Gasteiger partial charge in [-0.3, -0.25) is 14.7 Å². The second kappa shape index (κ2) is 10.7. The van der Waals surface area contributed by atoms with Crippen LogP contribution < -0.4 is 5.32 Å². The molecule has 0 spiro atoms. The van der Waals surface area contributed by atoms with Crippen molar-refractivity contribution < 1.29 is 4.79 Å². The van der Waals surface area contributed by atoms with Crippen LogP contribution in [-0.4, -0.2) is 59.5 Å². The predicted octanol–water partition coefficient (Wildman–Crippen LogP) is 3.12. The van der Waals surface area contributed by atoms with Crippen LogP contribution >= 0.6 is 0 Å². The lowest BCUT2D eigenvalue weighted by molar-refractivity contribution is -0.127. The van der Waals surface area contributed by atoms with Gasteiger partial charge >= 0.3 is 0 Å². The molecule has 2 aromatic rings. The van der Waals surface area contributed by atoms with Gasteiger partial charge in [0.25, 0.3) is 0 Å². The summed E-state index contributed by atoms with van der Waals surface area (Å²) in [5.74, 6) is 0.315. The second-order valence-electron chi connectivity index (χ2n) is 8.72. The molecule has 0 saturated carbocycles. The summed E-state index contributed by atoms with van der Waals surface area (Å²) in [7, 11) is 0. The number of aromatic nitrogens is 1. The van der Waals surface area contributed by atoms with Crippen molar-refractivity contribution in [3.05, 3.63) is 66.0 Å². The van der Waals surface area contributed by atoms with Crippen LogP contribution in [0, 0.1) is 5.92 Å². The van der Waals surface area contributed by atoms with Crippen molar-refractivity contribution in [3.8, 4) is 0 Å². The average molecular weight is 407 g/mol. The van der Waals surface area contributed by atoms with Crippen molar-refractivity contribution in [1.82, 2.24) is 20.1 Å². The standard InChI is InChI=1S/C25H34N4O/c30-25(27-19-22-8-4-13-26-18-22)23-9-5-14-29(20-23)24-11-16-28(17-12-24)15-10-21-6-2-1-3-7-21/h1-4,6-8,13,18,23-24H,5,9-12,14-17,19-20H2,(H,27,30)/t23-/m1/s1. The Hall–Kier alpha value is -2.24. The Morgan fingerprint density at radius 1 is 1.00 bits per heavy atom. The van der Waals surface area contributed by atoms with Crippen LogP contribution in [0.1, 0.15) is 36.8 Å². The van der Waals surface area contributed by atoms with Gasteiger partial charge in [-0.2, -0.15) is 0 Å². The SMILES string of the molecule is O=C(NCc1cccnc1)[C@@H]1CCCN(C2CCN(CCc3ccccc3)CC2)C1. The number of rotatable bonds is 7. The lowest BCUT2D eigenvalue weighted by Gasteiger charge is -2.42. The van der Waals surface area contributed by atoms with E-state index in [0.29, 0.717) is 12.6 Å². The molecule has 2 aliphatic rings. The van der Waals surface area contributed by atoms with Crippen LogP contribution in [0.2, 0.25) is 0 Å². The number of nitrogens with zero attached hydrogens (tertiary/aromatic N) is 3. The Morgan fingerprint density at radius 3 is 2.57 bits per heavy atom. The van der Waals surface area contributed by atoms with Crippen LogP contribution in [0.4, 0.5) is 0 Å². The molecule has 2 fully saturated rings. The Kier molecular flexibility index (Phi) is 7.49. The lowest BCUT2D eigenvalue weighted by atomic mass is 9.93. The third-order valence-corrected chi connectivity index (χ3v) is 6.65. The second-order valence-corrected chi connectivity index (χ2v) is 8.72. The first kappa shape index (κ1) is 21.0. The molecular weight excluding hydrogens is 372 g/mol. The molecule has 5 heteroatoms. The minimum atomic E-state index is 0.117. The smallest absolute Gasteiger partial charge is 0.224 e. The minimum Gasteiger partial charge on any atom is -0.352 e. The summed E-state index contributed by atoms with van der Waals surface area (Å²) in [6, 6.07) is 15.3. The monoisotopic (exact) mass is 406 g/mol.